The summed E-state index contributed by atoms with van der Waals surface area (Å²) in [4.78, 5) is 36.8. The summed E-state index contributed by atoms with van der Waals surface area (Å²) in [5, 5.41) is 3.82. The first-order valence-electron chi connectivity index (χ1n) is 13.0. The first-order valence-corrected chi connectivity index (χ1v) is 13.0. The van der Waals surface area contributed by atoms with Crippen molar-refractivity contribution in [2.24, 2.45) is 0 Å². The Balaban J connectivity index is 0.00000256. The van der Waals surface area contributed by atoms with Crippen LogP contribution in [0.4, 0.5) is 0 Å². The first-order chi connectivity index (χ1) is 19.8. The number of aromatic nitrogens is 8. The summed E-state index contributed by atoms with van der Waals surface area (Å²) < 4.78 is 0. The van der Waals surface area contributed by atoms with Crippen molar-refractivity contribution >= 4 is 44.1 Å². The van der Waals surface area contributed by atoms with Crippen LogP contribution < -0.4 is 0 Å². The van der Waals surface area contributed by atoms with E-state index in [-0.39, 0.29) is 17.1 Å². The van der Waals surface area contributed by atoms with Crippen molar-refractivity contribution in [3.8, 4) is 45.6 Å². The van der Waals surface area contributed by atoms with Crippen molar-refractivity contribution in [1.29, 1.82) is 0 Å². The van der Waals surface area contributed by atoms with E-state index in [1.807, 2.05) is 97.1 Å². The fourth-order valence-corrected chi connectivity index (χ4v) is 5.59. The monoisotopic (exact) mass is 570 g/mol. The number of H-pyrrole nitrogens is 2. The Morgan fingerprint density at radius 3 is 0.829 bits per heavy atom. The van der Waals surface area contributed by atoms with E-state index in [2.05, 4.69) is 9.97 Å². The molecule has 1 radical (unpaired) electrons. The van der Waals surface area contributed by atoms with E-state index in [1.54, 1.807) is 0 Å². The van der Waals surface area contributed by atoms with E-state index in [0.29, 0.717) is 45.9 Å². The van der Waals surface area contributed by atoms with E-state index in [1.165, 1.54) is 0 Å². The van der Waals surface area contributed by atoms with E-state index in [0.717, 1.165) is 43.8 Å². The van der Waals surface area contributed by atoms with Crippen LogP contribution in [0.15, 0.2) is 97.1 Å². The molecule has 41 heavy (non-hydrogen) atoms. The summed E-state index contributed by atoms with van der Waals surface area (Å²) in [6, 6.07) is 32.2. The largest absolute Gasteiger partial charge is 3.00 e. The summed E-state index contributed by atoms with van der Waals surface area (Å²) in [5.74, 6) is 2.39. The molecule has 0 fully saturated rings. The zero-order chi connectivity index (χ0) is 26.2. The maximum absolute atomic E-state index is 5.02. The Hall–Kier alpha value is -5.24. The van der Waals surface area contributed by atoms with Gasteiger partial charge in [-0.1, -0.05) is 97.1 Å². The Morgan fingerprint density at radius 1 is 0.317 bits per heavy atom. The van der Waals surface area contributed by atoms with Crippen LogP contribution in [-0.2, 0) is 17.1 Å². The number of nitrogens with one attached hydrogen (secondary N) is 2. The molecule has 0 unspecified atom stereocenters. The number of aromatic amines is 2. The summed E-state index contributed by atoms with van der Waals surface area (Å²) in [6.07, 6.45) is 0. The third-order valence-electron chi connectivity index (χ3n) is 7.46. The predicted molar refractivity (Wildman–Crippen MR) is 156 cm³/mol. The van der Waals surface area contributed by atoms with Gasteiger partial charge in [0.2, 0.25) is 0 Å². The van der Waals surface area contributed by atoms with Crippen molar-refractivity contribution in [1.82, 2.24) is 39.9 Å². The smallest absolute Gasteiger partial charge is 0.324 e. The molecule has 0 saturated carbocycles. The third-order valence-corrected chi connectivity index (χ3v) is 7.46. The van der Waals surface area contributed by atoms with Gasteiger partial charge in [-0.3, -0.25) is 0 Å². The molecule has 9 heteroatoms. The molecule has 8 nitrogen and oxygen atoms in total. The average Bonchev–Trinajstić information content (AvgIpc) is 3.73. The van der Waals surface area contributed by atoms with Gasteiger partial charge in [-0.15, -0.1) is 0 Å². The van der Waals surface area contributed by atoms with Crippen LogP contribution in [0.5, 0.6) is 0 Å². The molecule has 8 bridgehead atoms. The van der Waals surface area contributed by atoms with Gasteiger partial charge < -0.3 is 9.97 Å². The van der Waals surface area contributed by atoms with E-state index >= 15 is 0 Å². The van der Waals surface area contributed by atoms with Crippen molar-refractivity contribution in [2.75, 3.05) is 0 Å². The molecule has 5 heterocycles. The number of rotatable bonds is 0. The van der Waals surface area contributed by atoms with Crippen molar-refractivity contribution in [3.05, 3.63) is 97.1 Å². The molecule has 9 rings (SSSR count). The minimum atomic E-state index is 0. The molecular formula is C32H18FeN8+3. The molecule has 0 aliphatic carbocycles. The summed E-state index contributed by atoms with van der Waals surface area (Å²) in [5.41, 5.74) is 6.45. The molecule has 0 amide bonds. The standard InChI is InChI=1S/C32H18N8.Fe/c1-2-10-18-17(9-1)25-33-26(18)38-28-21-13-5-6-14-22(21)30(35-28)40-32-24-16-8-7-15-23(24)31(36-32)39-29-20-12-4-3-11-19(20)27(34-29)37-25;/h1-16H,(H2,33,34,35,36,37,38,39,40);/q;+3. The van der Waals surface area contributed by atoms with Crippen LogP contribution in [0.1, 0.15) is 0 Å². The molecule has 0 saturated heterocycles. The molecule has 3 aromatic heterocycles. The number of benzene rings is 4. The quantitative estimate of drug-likeness (QED) is 0.193. The topological polar surface area (TPSA) is 109 Å². The number of hydrogen-bond donors (Lipinski definition) is 2. The average molecular weight is 570 g/mol. The van der Waals surface area contributed by atoms with E-state index in [4.69, 9.17) is 29.9 Å². The molecule has 2 N–H and O–H groups in total. The van der Waals surface area contributed by atoms with Gasteiger partial charge in [0, 0.05) is 43.8 Å². The summed E-state index contributed by atoms with van der Waals surface area (Å²) >= 11 is 0. The van der Waals surface area contributed by atoms with Crippen LogP contribution >= 0.6 is 0 Å². The fraction of sp³-hybridized carbons (Fsp3) is 0. The van der Waals surface area contributed by atoms with Crippen molar-refractivity contribution < 1.29 is 17.1 Å². The third kappa shape index (κ3) is 3.53. The molecule has 2 aliphatic rings. The zero-order valence-electron chi connectivity index (χ0n) is 21.3. The number of hydrogen-bond acceptors (Lipinski definition) is 6. The van der Waals surface area contributed by atoms with Crippen LogP contribution in [-0.4, -0.2) is 39.9 Å². The van der Waals surface area contributed by atoms with Crippen molar-refractivity contribution in [2.45, 2.75) is 0 Å². The van der Waals surface area contributed by atoms with E-state index in [9.17, 15) is 0 Å². The van der Waals surface area contributed by atoms with Gasteiger partial charge in [-0.2, -0.15) is 0 Å². The van der Waals surface area contributed by atoms with Crippen LogP contribution in [0, 0.1) is 0 Å². The normalized spacial score (nSPS) is 11.7. The molecule has 191 valence electrons. The molecule has 0 spiro atoms. The van der Waals surface area contributed by atoms with Gasteiger partial charge >= 0.3 is 17.1 Å². The molecule has 7 aromatic rings. The second kappa shape index (κ2) is 8.89. The molecule has 2 aliphatic heterocycles. The number of nitrogens with zero attached hydrogens (tertiary/aromatic N) is 6. The second-order valence-electron chi connectivity index (χ2n) is 9.79. The fourth-order valence-electron chi connectivity index (χ4n) is 5.59. The van der Waals surface area contributed by atoms with Gasteiger partial charge in [0.15, 0.2) is 23.3 Å². The molecule has 0 atom stereocenters. The Labute approximate surface area is 243 Å². The van der Waals surface area contributed by atoms with Crippen LogP contribution in [0.2, 0.25) is 0 Å². The van der Waals surface area contributed by atoms with Gasteiger partial charge in [0.1, 0.15) is 22.6 Å². The SMILES string of the molecule is [Fe+3].c1ccc2c(c1)-c1nc-2nc2[nH]c(nc3nc(nc4[nH]c(n1)c1ccccc41)-c1ccccc1-3)c1ccccc21. The van der Waals surface area contributed by atoms with Gasteiger partial charge in [0.25, 0.3) is 0 Å². The maximum Gasteiger partial charge on any atom is 3.00 e. The van der Waals surface area contributed by atoms with Gasteiger partial charge in [0.05, 0.1) is 0 Å². The molecular weight excluding hydrogens is 552 g/mol. The van der Waals surface area contributed by atoms with E-state index < -0.39 is 0 Å². The second-order valence-corrected chi connectivity index (χ2v) is 9.79. The minimum Gasteiger partial charge on any atom is -0.324 e. The maximum atomic E-state index is 5.02. The Bertz CT molecular complexity index is 2030. The van der Waals surface area contributed by atoms with Crippen LogP contribution in [0.3, 0.4) is 0 Å². The van der Waals surface area contributed by atoms with Crippen molar-refractivity contribution in [3.63, 3.8) is 0 Å². The van der Waals surface area contributed by atoms with Crippen LogP contribution in [0.25, 0.3) is 89.7 Å². The van der Waals surface area contributed by atoms with Gasteiger partial charge in [-0.05, 0) is 0 Å². The molecule has 4 aromatic carbocycles. The Kier molecular flexibility index (Phi) is 5.12. The zero-order valence-corrected chi connectivity index (χ0v) is 22.4. The van der Waals surface area contributed by atoms with Gasteiger partial charge in [-0.25, -0.2) is 29.9 Å². The first kappa shape index (κ1) is 23.6. The predicted octanol–water partition coefficient (Wildman–Crippen LogP) is 6.87. The summed E-state index contributed by atoms with van der Waals surface area (Å²) in [7, 11) is 0. The number of fused-ring (bicyclic) bond motifs is 20. The summed E-state index contributed by atoms with van der Waals surface area (Å²) in [6.45, 7) is 0. The Morgan fingerprint density at radius 2 is 0.561 bits per heavy atom. The minimum absolute atomic E-state index is 0.